The lowest BCUT2D eigenvalue weighted by Gasteiger charge is -2.36. The van der Waals surface area contributed by atoms with Gasteiger partial charge < -0.3 is 19.7 Å². The van der Waals surface area contributed by atoms with Gasteiger partial charge in [-0.15, -0.1) is 0 Å². The number of methoxy groups -OCH3 is 2. The van der Waals surface area contributed by atoms with Crippen LogP contribution in [0.3, 0.4) is 0 Å². The first-order valence-electron chi connectivity index (χ1n) is 11.0. The number of piperazine rings is 1. The average molecular weight is 500 g/mol. The summed E-state index contributed by atoms with van der Waals surface area (Å²) in [7, 11) is -0.840. The van der Waals surface area contributed by atoms with E-state index < -0.39 is 21.7 Å². The molecular formula is C25H26FN3O5S. The van der Waals surface area contributed by atoms with E-state index >= 15 is 0 Å². The number of amides is 1. The number of halogens is 1. The van der Waals surface area contributed by atoms with Gasteiger partial charge in [-0.25, -0.2) is 12.8 Å². The third-order valence-corrected chi connectivity index (χ3v) is 7.73. The Kier molecular flexibility index (Phi) is 7.23. The molecule has 0 aromatic heterocycles. The molecule has 3 aromatic carbocycles. The topological polar surface area (TPSA) is 88.2 Å². The van der Waals surface area contributed by atoms with Crippen LogP contribution in [0, 0.1) is 5.82 Å². The van der Waals surface area contributed by atoms with E-state index in [-0.39, 0.29) is 35.0 Å². The maximum atomic E-state index is 14.0. The van der Waals surface area contributed by atoms with Crippen LogP contribution in [-0.2, 0) is 10.0 Å². The summed E-state index contributed by atoms with van der Waals surface area (Å²) in [5.41, 5.74) is 0.888. The van der Waals surface area contributed by atoms with Crippen LogP contribution in [0.15, 0.2) is 71.6 Å². The summed E-state index contributed by atoms with van der Waals surface area (Å²) in [6.45, 7) is 1.55. The molecule has 1 heterocycles. The molecule has 4 rings (SSSR count). The third-order valence-electron chi connectivity index (χ3n) is 5.84. The van der Waals surface area contributed by atoms with E-state index in [4.69, 9.17) is 9.47 Å². The van der Waals surface area contributed by atoms with E-state index in [9.17, 15) is 17.6 Å². The average Bonchev–Trinajstić information content (AvgIpc) is 2.88. The number of hydrogen-bond donors (Lipinski definition) is 1. The highest BCUT2D eigenvalue weighted by molar-refractivity contribution is 7.89. The van der Waals surface area contributed by atoms with E-state index in [0.29, 0.717) is 13.1 Å². The van der Waals surface area contributed by atoms with E-state index in [2.05, 4.69) is 10.2 Å². The number of carbonyl (C=O) groups excluding carboxylic acids is 1. The lowest BCUT2D eigenvalue weighted by Crippen LogP contribution is -2.48. The second-order valence-electron chi connectivity index (χ2n) is 7.86. The lowest BCUT2D eigenvalue weighted by atomic mass is 10.2. The number of sulfonamides is 1. The molecule has 0 spiro atoms. The predicted molar refractivity (Wildman–Crippen MR) is 131 cm³/mol. The molecule has 1 fully saturated rings. The molecule has 0 bridgehead atoms. The van der Waals surface area contributed by atoms with Gasteiger partial charge in [0.2, 0.25) is 10.0 Å². The van der Waals surface area contributed by atoms with Crippen molar-refractivity contribution in [3.8, 4) is 11.5 Å². The first-order chi connectivity index (χ1) is 16.8. The molecule has 0 aliphatic carbocycles. The minimum Gasteiger partial charge on any atom is -0.495 e. The standard InChI is InChI=1S/C25H26FN3O5S/c1-33-23-12-11-18(17-21(23)27-25(30)19-7-3-4-8-20(19)26)35(31,32)29-15-13-28(14-16-29)22-9-5-6-10-24(22)34-2/h3-12,17H,13-16H2,1-2H3,(H,27,30). The van der Waals surface area contributed by atoms with E-state index in [1.807, 2.05) is 24.3 Å². The molecule has 0 atom stereocenters. The molecule has 1 amide bonds. The van der Waals surface area contributed by atoms with Crippen molar-refractivity contribution in [3.05, 3.63) is 78.1 Å². The molecule has 1 aliphatic rings. The van der Waals surface area contributed by atoms with Gasteiger partial charge in [0.25, 0.3) is 5.91 Å². The fraction of sp³-hybridized carbons (Fsp3) is 0.240. The van der Waals surface area contributed by atoms with Crippen LogP contribution in [-0.4, -0.2) is 59.0 Å². The summed E-state index contributed by atoms with van der Waals surface area (Å²) < 4.78 is 52.9. The van der Waals surface area contributed by atoms with Crippen molar-refractivity contribution in [2.45, 2.75) is 4.90 Å². The minimum atomic E-state index is -3.84. The van der Waals surface area contributed by atoms with Crippen molar-refractivity contribution in [1.29, 1.82) is 0 Å². The molecular weight excluding hydrogens is 473 g/mol. The SMILES string of the molecule is COc1ccc(S(=O)(=O)N2CCN(c3ccccc3OC)CC2)cc1NC(=O)c1ccccc1F. The summed E-state index contributed by atoms with van der Waals surface area (Å²) >= 11 is 0. The molecule has 8 nitrogen and oxygen atoms in total. The van der Waals surface area contributed by atoms with Crippen LogP contribution in [0.1, 0.15) is 10.4 Å². The highest BCUT2D eigenvalue weighted by Crippen LogP contribution is 2.32. The van der Waals surface area contributed by atoms with Gasteiger partial charge >= 0.3 is 0 Å². The number of para-hydroxylation sites is 2. The van der Waals surface area contributed by atoms with Crippen LogP contribution < -0.4 is 19.7 Å². The molecule has 0 saturated carbocycles. The van der Waals surface area contributed by atoms with Gasteiger partial charge in [-0.2, -0.15) is 4.31 Å². The van der Waals surface area contributed by atoms with Crippen LogP contribution in [0.4, 0.5) is 15.8 Å². The number of rotatable bonds is 7. The van der Waals surface area contributed by atoms with Crippen LogP contribution in [0.5, 0.6) is 11.5 Å². The molecule has 1 N–H and O–H groups in total. The van der Waals surface area contributed by atoms with Gasteiger partial charge in [-0.3, -0.25) is 4.79 Å². The zero-order valence-electron chi connectivity index (χ0n) is 19.4. The summed E-state index contributed by atoms with van der Waals surface area (Å²) in [5, 5.41) is 2.57. The normalized spacial score (nSPS) is 14.4. The minimum absolute atomic E-state index is 0.00729. The Morgan fingerprint density at radius 2 is 1.54 bits per heavy atom. The van der Waals surface area contributed by atoms with Gasteiger partial charge in [0.05, 0.1) is 36.1 Å². The molecule has 35 heavy (non-hydrogen) atoms. The van der Waals surface area contributed by atoms with Crippen LogP contribution >= 0.6 is 0 Å². The van der Waals surface area contributed by atoms with Gasteiger partial charge in [-0.1, -0.05) is 24.3 Å². The van der Waals surface area contributed by atoms with Crippen molar-refractivity contribution in [2.24, 2.45) is 0 Å². The molecule has 1 aliphatic heterocycles. The second-order valence-corrected chi connectivity index (χ2v) is 9.80. The summed E-state index contributed by atoms with van der Waals surface area (Å²) in [4.78, 5) is 14.7. The Labute approximate surface area is 203 Å². The number of ether oxygens (including phenoxy) is 2. The van der Waals surface area contributed by atoms with E-state index in [1.54, 1.807) is 13.2 Å². The zero-order valence-corrected chi connectivity index (χ0v) is 20.2. The van der Waals surface area contributed by atoms with Gasteiger partial charge in [0.1, 0.15) is 17.3 Å². The third kappa shape index (κ3) is 5.08. The van der Waals surface area contributed by atoms with Gasteiger partial charge in [0.15, 0.2) is 0 Å². The van der Waals surface area contributed by atoms with Crippen molar-refractivity contribution in [2.75, 3.05) is 50.6 Å². The molecule has 0 radical (unpaired) electrons. The monoisotopic (exact) mass is 499 g/mol. The number of hydrogen-bond acceptors (Lipinski definition) is 6. The van der Waals surface area contributed by atoms with Gasteiger partial charge in [0, 0.05) is 26.2 Å². The van der Waals surface area contributed by atoms with Crippen LogP contribution in [0.2, 0.25) is 0 Å². The maximum absolute atomic E-state index is 14.0. The Balaban J connectivity index is 1.53. The molecule has 184 valence electrons. The molecule has 1 saturated heterocycles. The first kappa shape index (κ1) is 24.5. The van der Waals surface area contributed by atoms with E-state index in [0.717, 1.165) is 11.4 Å². The summed E-state index contributed by atoms with van der Waals surface area (Å²) in [5.74, 6) is -0.397. The van der Waals surface area contributed by atoms with Gasteiger partial charge in [-0.05, 0) is 42.5 Å². The zero-order chi connectivity index (χ0) is 25.0. The molecule has 0 unspecified atom stereocenters. The number of carbonyl (C=O) groups is 1. The Morgan fingerprint density at radius 1 is 0.886 bits per heavy atom. The maximum Gasteiger partial charge on any atom is 0.258 e. The van der Waals surface area contributed by atoms with E-state index in [1.165, 1.54) is 47.8 Å². The number of benzene rings is 3. The second kappa shape index (κ2) is 10.3. The largest absolute Gasteiger partial charge is 0.495 e. The van der Waals surface area contributed by atoms with Crippen molar-refractivity contribution >= 4 is 27.3 Å². The predicted octanol–water partition coefficient (Wildman–Crippen LogP) is 3.61. The lowest BCUT2D eigenvalue weighted by molar-refractivity contribution is 0.102. The Hall–Kier alpha value is -3.63. The number of anilines is 2. The first-order valence-corrected chi connectivity index (χ1v) is 12.4. The molecule has 10 heteroatoms. The fourth-order valence-electron chi connectivity index (χ4n) is 3.99. The quantitative estimate of drug-likeness (QED) is 0.535. The smallest absolute Gasteiger partial charge is 0.258 e. The van der Waals surface area contributed by atoms with Crippen molar-refractivity contribution in [1.82, 2.24) is 4.31 Å². The number of nitrogens with zero attached hydrogens (tertiary/aromatic N) is 2. The van der Waals surface area contributed by atoms with Crippen molar-refractivity contribution < 1.29 is 27.1 Å². The highest BCUT2D eigenvalue weighted by atomic mass is 32.2. The van der Waals surface area contributed by atoms with Crippen molar-refractivity contribution in [3.63, 3.8) is 0 Å². The Bertz CT molecular complexity index is 1320. The summed E-state index contributed by atoms with van der Waals surface area (Å²) in [6, 6.07) is 17.4. The van der Waals surface area contributed by atoms with Crippen LogP contribution in [0.25, 0.3) is 0 Å². The number of nitrogens with one attached hydrogen (secondary N) is 1. The summed E-state index contributed by atoms with van der Waals surface area (Å²) in [6.07, 6.45) is 0. The fourth-order valence-corrected chi connectivity index (χ4v) is 5.44. The Morgan fingerprint density at radius 3 is 2.23 bits per heavy atom. The highest BCUT2D eigenvalue weighted by Gasteiger charge is 2.30. The molecule has 3 aromatic rings.